The van der Waals surface area contributed by atoms with Crippen molar-refractivity contribution in [1.29, 1.82) is 0 Å². The summed E-state index contributed by atoms with van der Waals surface area (Å²) in [4.78, 5) is 31.5. The number of hydrogen-bond acceptors (Lipinski definition) is 10. The van der Waals surface area contributed by atoms with Gasteiger partial charge in [-0.3, -0.25) is 19.8 Å². The lowest BCUT2D eigenvalue weighted by atomic mass is 10.1. The second-order valence-corrected chi connectivity index (χ2v) is 5.97. The minimum Gasteiger partial charge on any atom is -0.386 e. The Labute approximate surface area is 136 Å². The number of nitrogen functional groups attached to an aromatic ring is 1. The van der Waals surface area contributed by atoms with E-state index < -0.39 is 38.6 Å². The second-order valence-electron chi connectivity index (χ2n) is 5.16. The highest BCUT2D eigenvalue weighted by Crippen LogP contribution is 2.37. The summed E-state index contributed by atoms with van der Waals surface area (Å²) >= 11 is 0. The van der Waals surface area contributed by atoms with Gasteiger partial charge in [-0.15, -0.1) is 0 Å². The van der Waals surface area contributed by atoms with Gasteiger partial charge in [0.05, 0.1) is 12.9 Å². The number of nitrogens with two attached hydrogens (primary N) is 2. The van der Waals surface area contributed by atoms with E-state index in [0.29, 0.717) is 0 Å². The lowest BCUT2D eigenvalue weighted by Gasteiger charge is -2.20. The number of imidazole rings is 1. The predicted octanol–water partition coefficient (Wildman–Crippen LogP) is -1.83. The summed E-state index contributed by atoms with van der Waals surface area (Å²) in [6.07, 6.45) is -2.48. The van der Waals surface area contributed by atoms with Crippen molar-refractivity contribution in [3.8, 4) is 0 Å². The van der Waals surface area contributed by atoms with Gasteiger partial charge < -0.3 is 29.7 Å². The molecule has 0 bridgehead atoms. The van der Waals surface area contributed by atoms with Gasteiger partial charge >= 0.3 is 0 Å². The quantitative estimate of drug-likeness (QED) is 0.380. The zero-order chi connectivity index (χ0) is 17.4. The smallest absolute Gasteiger partial charge is 0.280 e. The van der Waals surface area contributed by atoms with E-state index >= 15 is 0 Å². The second kappa shape index (κ2) is 6.69. The molecule has 132 valence electrons. The number of rotatable bonds is 5. The first-order valence-corrected chi connectivity index (χ1v) is 8.15. The van der Waals surface area contributed by atoms with Crippen LogP contribution in [-0.4, -0.2) is 61.5 Å². The van der Waals surface area contributed by atoms with E-state index in [1.807, 2.05) is 0 Å². The summed E-state index contributed by atoms with van der Waals surface area (Å²) in [5.74, 6) is -0.0937. The number of H-pyrrole nitrogens is 1. The largest absolute Gasteiger partial charge is 0.386 e. The van der Waals surface area contributed by atoms with Crippen LogP contribution in [-0.2, 0) is 14.0 Å². The van der Waals surface area contributed by atoms with E-state index in [9.17, 15) is 14.8 Å². The molecular weight excluding hydrogens is 343 g/mol. The third kappa shape index (κ3) is 3.00. The average molecular weight is 360 g/mol. The molecular formula is C11H17N6O6P. The third-order valence-electron chi connectivity index (χ3n) is 3.59. The molecule has 13 heteroatoms. The van der Waals surface area contributed by atoms with Crippen LogP contribution < -0.4 is 16.8 Å². The number of hydrogen-bond donors (Lipinski definition) is 5. The number of aromatic amines is 1. The molecule has 24 heavy (non-hydrogen) atoms. The molecule has 5 atom stereocenters. The Balaban J connectivity index is 1.99. The molecule has 2 aromatic heterocycles. The van der Waals surface area contributed by atoms with Gasteiger partial charge in [-0.2, -0.15) is 4.98 Å². The van der Waals surface area contributed by atoms with Crippen molar-refractivity contribution >= 4 is 25.6 Å². The molecule has 0 aliphatic carbocycles. The molecule has 0 spiro atoms. The predicted molar refractivity (Wildman–Crippen MR) is 82.6 cm³/mol. The molecule has 0 saturated carbocycles. The fraction of sp³-hybridized carbons (Fsp3) is 0.545. The number of fused-ring (bicyclic) bond motifs is 1. The highest BCUT2D eigenvalue weighted by Gasteiger charge is 2.47. The van der Waals surface area contributed by atoms with E-state index in [1.165, 1.54) is 18.0 Å². The van der Waals surface area contributed by atoms with E-state index in [1.54, 1.807) is 0 Å². The molecule has 0 radical (unpaired) electrons. The molecule has 1 fully saturated rings. The Morgan fingerprint density at radius 2 is 2.33 bits per heavy atom. The van der Waals surface area contributed by atoms with E-state index in [2.05, 4.69) is 15.0 Å². The van der Waals surface area contributed by atoms with Gasteiger partial charge in [-0.1, -0.05) is 0 Å². The average Bonchev–Trinajstić information content (AvgIpc) is 3.03. The van der Waals surface area contributed by atoms with E-state index in [0.717, 1.165) is 0 Å². The monoisotopic (exact) mass is 360 g/mol. The Morgan fingerprint density at radius 1 is 1.58 bits per heavy atom. The maximum atomic E-state index is 11.8. The van der Waals surface area contributed by atoms with Gasteiger partial charge in [0, 0.05) is 7.11 Å². The maximum absolute atomic E-state index is 11.8. The topological polar surface area (TPSA) is 184 Å². The summed E-state index contributed by atoms with van der Waals surface area (Å²) < 4.78 is 17.3. The fourth-order valence-electron chi connectivity index (χ4n) is 2.63. The number of nitrogens with one attached hydrogen (secondary N) is 1. The summed E-state index contributed by atoms with van der Waals surface area (Å²) in [6.45, 7) is 0.101. The summed E-state index contributed by atoms with van der Waals surface area (Å²) in [6, 6.07) is 0. The van der Waals surface area contributed by atoms with Crippen LogP contribution in [0.2, 0.25) is 0 Å². The molecule has 7 N–H and O–H groups in total. The summed E-state index contributed by atoms with van der Waals surface area (Å²) in [7, 11) is -0.751. The number of aliphatic hydroxyl groups is 1. The first kappa shape index (κ1) is 17.2. The van der Waals surface area contributed by atoms with Crippen LogP contribution in [0, 0.1) is 0 Å². The van der Waals surface area contributed by atoms with E-state index in [-0.39, 0.29) is 23.7 Å². The van der Waals surface area contributed by atoms with Crippen LogP contribution in [0.3, 0.4) is 0 Å². The molecule has 1 saturated heterocycles. The van der Waals surface area contributed by atoms with Crippen molar-refractivity contribution in [1.82, 2.24) is 19.5 Å². The van der Waals surface area contributed by atoms with Crippen molar-refractivity contribution in [3.63, 3.8) is 0 Å². The first-order valence-electron chi connectivity index (χ1n) is 6.87. The normalized spacial score (nSPS) is 28.5. The molecule has 1 unspecified atom stereocenters. The zero-order valence-electron chi connectivity index (χ0n) is 12.6. The van der Waals surface area contributed by atoms with Crippen molar-refractivity contribution in [3.05, 3.63) is 16.7 Å². The van der Waals surface area contributed by atoms with Crippen LogP contribution in [0.4, 0.5) is 5.95 Å². The fourth-order valence-corrected chi connectivity index (χ4v) is 3.14. The van der Waals surface area contributed by atoms with Crippen molar-refractivity contribution in [2.45, 2.75) is 24.5 Å². The molecule has 12 nitrogen and oxygen atoms in total. The highest BCUT2D eigenvalue weighted by molar-refractivity contribution is 7.43. The van der Waals surface area contributed by atoms with Crippen LogP contribution in [0.25, 0.3) is 11.2 Å². The highest BCUT2D eigenvalue weighted by atomic mass is 31.2. The van der Waals surface area contributed by atoms with Gasteiger partial charge in [-0.05, 0) is 0 Å². The summed E-state index contributed by atoms with van der Waals surface area (Å²) in [5, 5.41) is 10.5. The SMILES string of the molecule is COC[C@H]1O[C@@H](n2cnc3c(=O)[nH]c(N)nc32)[C@H](O)[C@@H]1OP(N)O. The van der Waals surface area contributed by atoms with Gasteiger partial charge in [-0.25, -0.2) is 4.98 Å². The first-order chi connectivity index (χ1) is 11.4. The van der Waals surface area contributed by atoms with Crippen LogP contribution in [0.1, 0.15) is 6.23 Å². The molecule has 0 amide bonds. The number of anilines is 1. The number of nitrogens with zero attached hydrogens (tertiary/aromatic N) is 3. The van der Waals surface area contributed by atoms with E-state index in [4.69, 9.17) is 25.2 Å². The number of aliphatic hydroxyl groups excluding tert-OH is 1. The third-order valence-corrected chi connectivity index (χ3v) is 4.05. The lowest BCUT2D eigenvalue weighted by molar-refractivity contribution is -0.0568. The summed E-state index contributed by atoms with van der Waals surface area (Å²) in [5.41, 5.74) is 10.5. The maximum Gasteiger partial charge on any atom is 0.280 e. The molecule has 3 heterocycles. The zero-order valence-corrected chi connectivity index (χ0v) is 13.5. The van der Waals surface area contributed by atoms with Gasteiger partial charge in [0.2, 0.25) is 5.95 Å². The van der Waals surface area contributed by atoms with Crippen molar-refractivity contribution in [2.24, 2.45) is 5.50 Å². The Bertz CT molecular complexity index is 780. The molecule has 3 rings (SSSR count). The van der Waals surface area contributed by atoms with Crippen LogP contribution >= 0.6 is 8.53 Å². The van der Waals surface area contributed by atoms with Crippen LogP contribution in [0.15, 0.2) is 11.1 Å². The van der Waals surface area contributed by atoms with Gasteiger partial charge in [0.1, 0.15) is 18.3 Å². The number of ether oxygens (including phenoxy) is 2. The minimum atomic E-state index is -2.21. The standard InChI is InChI=1S/C11H17N6O6P/c1-21-2-4-7(23-24(13)20)6(18)10(22-4)17-3-14-5-8(17)15-11(12)16-9(5)19/h3-4,6-7,10,18,20H,2,13H2,1H3,(H3,12,15,16,19)/t4-,6-,7-,10-,24?/m1/s1. The van der Waals surface area contributed by atoms with Gasteiger partial charge in [0.25, 0.3) is 14.1 Å². The minimum absolute atomic E-state index is 0.0518. The molecule has 0 aromatic carbocycles. The number of methoxy groups -OCH3 is 1. The molecule has 2 aromatic rings. The lowest BCUT2D eigenvalue weighted by Crippen LogP contribution is -2.35. The molecule has 1 aliphatic rings. The number of aromatic nitrogens is 4. The molecule has 1 aliphatic heterocycles. The Morgan fingerprint density at radius 3 is 3.00 bits per heavy atom. The van der Waals surface area contributed by atoms with Crippen molar-refractivity contribution in [2.75, 3.05) is 19.5 Å². The Hall–Kier alpha value is -1.66. The Kier molecular flexibility index (Phi) is 4.78. The van der Waals surface area contributed by atoms with Crippen LogP contribution in [0.5, 0.6) is 0 Å². The van der Waals surface area contributed by atoms with Crippen molar-refractivity contribution < 1.29 is 24.0 Å². The van der Waals surface area contributed by atoms with Gasteiger partial charge in [0.15, 0.2) is 17.4 Å².